The SMILES string of the molecule is C=Cc1ccc(S(=O)(=O)O)c(Cl)c1.[NaH]. The van der Waals surface area contributed by atoms with E-state index in [0.717, 1.165) is 0 Å². The Bertz CT molecular complexity index is 442. The Morgan fingerprint density at radius 2 is 2.00 bits per heavy atom. The average molecular weight is 243 g/mol. The predicted molar refractivity (Wildman–Crippen MR) is 58.5 cm³/mol. The van der Waals surface area contributed by atoms with Gasteiger partial charge in [-0.15, -0.1) is 0 Å². The Labute approximate surface area is 110 Å². The third-order valence-electron chi connectivity index (χ3n) is 1.47. The molecular weight excluding hydrogens is 235 g/mol. The van der Waals surface area contributed by atoms with Crippen LogP contribution in [-0.2, 0) is 10.1 Å². The summed E-state index contributed by atoms with van der Waals surface area (Å²) in [6.45, 7) is 3.49. The van der Waals surface area contributed by atoms with E-state index in [1.165, 1.54) is 24.3 Å². The maximum atomic E-state index is 10.7. The summed E-state index contributed by atoms with van der Waals surface area (Å²) in [6.07, 6.45) is 1.53. The molecule has 0 fully saturated rings. The van der Waals surface area contributed by atoms with Gasteiger partial charge in [0, 0.05) is 0 Å². The van der Waals surface area contributed by atoms with Crippen LogP contribution < -0.4 is 0 Å². The Morgan fingerprint density at radius 3 is 2.36 bits per heavy atom. The van der Waals surface area contributed by atoms with Gasteiger partial charge in [-0.05, 0) is 17.7 Å². The van der Waals surface area contributed by atoms with Gasteiger partial charge >= 0.3 is 29.6 Å². The summed E-state index contributed by atoms with van der Waals surface area (Å²) in [6, 6.07) is 4.15. The van der Waals surface area contributed by atoms with Gasteiger partial charge in [0.05, 0.1) is 5.02 Å². The van der Waals surface area contributed by atoms with E-state index >= 15 is 0 Å². The van der Waals surface area contributed by atoms with E-state index in [0.29, 0.717) is 5.56 Å². The Kier molecular flexibility index (Phi) is 5.36. The predicted octanol–water partition coefficient (Wildman–Crippen LogP) is 1.58. The van der Waals surface area contributed by atoms with Crippen LogP contribution in [0.25, 0.3) is 6.08 Å². The van der Waals surface area contributed by atoms with Crippen LogP contribution >= 0.6 is 11.6 Å². The average Bonchev–Trinajstić information content (AvgIpc) is 2.01. The normalized spacial score (nSPS) is 10.4. The zero-order valence-corrected chi connectivity index (χ0v) is 8.14. The number of hydrogen-bond acceptors (Lipinski definition) is 2. The molecule has 0 aliphatic heterocycles. The van der Waals surface area contributed by atoms with Crippen molar-refractivity contribution in [2.75, 3.05) is 0 Å². The summed E-state index contributed by atoms with van der Waals surface area (Å²) in [4.78, 5) is -0.292. The van der Waals surface area contributed by atoms with E-state index < -0.39 is 10.1 Å². The molecule has 0 radical (unpaired) electrons. The molecule has 0 spiro atoms. The molecule has 0 atom stereocenters. The Balaban J connectivity index is 0.00000169. The van der Waals surface area contributed by atoms with Crippen LogP contribution in [0.1, 0.15) is 5.56 Å². The minimum atomic E-state index is -4.22. The molecule has 72 valence electrons. The van der Waals surface area contributed by atoms with Crippen molar-refractivity contribution in [3.63, 3.8) is 0 Å². The fourth-order valence-corrected chi connectivity index (χ4v) is 1.88. The van der Waals surface area contributed by atoms with E-state index in [1.54, 1.807) is 0 Å². The number of rotatable bonds is 2. The molecule has 0 unspecified atom stereocenters. The maximum absolute atomic E-state index is 10.7. The van der Waals surface area contributed by atoms with Crippen molar-refractivity contribution < 1.29 is 13.0 Å². The molecule has 0 aliphatic rings. The van der Waals surface area contributed by atoms with Gasteiger partial charge in [0.25, 0.3) is 10.1 Å². The van der Waals surface area contributed by atoms with E-state index in [1.807, 2.05) is 0 Å². The molecule has 1 aromatic carbocycles. The van der Waals surface area contributed by atoms with Crippen LogP contribution in [0.3, 0.4) is 0 Å². The van der Waals surface area contributed by atoms with Gasteiger partial charge in [0.1, 0.15) is 4.90 Å². The summed E-state index contributed by atoms with van der Waals surface area (Å²) in [5.74, 6) is 0. The van der Waals surface area contributed by atoms with E-state index in [2.05, 4.69) is 6.58 Å². The van der Waals surface area contributed by atoms with Crippen molar-refractivity contribution >= 4 is 57.4 Å². The molecule has 0 heterocycles. The van der Waals surface area contributed by atoms with E-state index in [-0.39, 0.29) is 39.5 Å². The van der Waals surface area contributed by atoms with E-state index in [9.17, 15) is 8.42 Å². The minimum absolute atomic E-state index is 0. The molecule has 0 saturated carbocycles. The van der Waals surface area contributed by atoms with Crippen LogP contribution in [0.15, 0.2) is 29.7 Å². The summed E-state index contributed by atoms with van der Waals surface area (Å²) < 4.78 is 30.1. The fraction of sp³-hybridized carbons (Fsp3) is 0. The molecule has 0 amide bonds. The Hall–Kier alpha value is 0.160. The van der Waals surface area contributed by atoms with Gasteiger partial charge in [-0.25, -0.2) is 0 Å². The zero-order chi connectivity index (χ0) is 10.1. The first-order valence-corrected chi connectivity index (χ1v) is 5.16. The first-order valence-electron chi connectivity index (χ1n) is 3.34. The van der Waals surface area contributed by atoms with Crippen molar-refractivity contribution in [2.45, 2.75) is 4.90 Å². The van der Waals surface area contributed by atoms with Crippen LogP contribution in [0.2, 0.25) is 5.02 Å². The van der Waals surface area contributed by atoms with Gasteiger partial charge in [0.15, 0.2) is 0 Å². The van der Waals surface area contributed by atoms with Crippen molar-refractivity contribution in [3.8, 4) is 0 Å². The summed E-state index contributed by atoms with van der Waals surface area (Å²) in [7, 11) is -4.22. The molecule has 6 heteroatoms. The monoisotopic (exact) mass is 242 g/mol. The molecule has 0 aromatic heterocycles. The summed E-state index contributed by atoms with van der Waals surface area (Å²) in [5.41, 5.74) is 0.692. The van der Waals surface area contributed by atoms with Gasteiger partial charge in [-0.3, -0.25) is 4.55 Å². The number of hydrogen-bond donors (Lipinski definition) is 1. The van der Waals surface area contributed by atoms with E-state index in [4.69, 9.17) is 16.2 Å². The molecule has 0 aliphatic carbocycles. The summed E-state index contributed by atoms with van der Waals surface area (Å²) >= 11 is 5.61. The van der Waals surface area contributed by atoms with Crippen LogP contribution in [0, 0.1) is 0 Å². The molecule has 14 heavy (non-hydrogen) atoms. The van der Waals surface area contributed by atoms with Crippen LogP contribution in [0.5, 0.6) is 0 Å². The standard InChI is InChI=1S/C8H7ClO3S.Na.H/c1-2-6-3-4-8(7(9)5-6)13(10,11)12;;/h2-5H,1H2,(H,10,11,12);;. The molecule has 0 bridgehead atoms. The number of halogens is 1. The number of benzene rings is 1. The summed E-state index contributed by atoms with van der Waals surface area (Å²) in [5, 5.41) is -0.0140. The van der Waals surface area contributed by atoms with Crippen LogP contribution in [-0.4, -0.2) is 42.5 Å². The van der Waals surface area contributed by atoms with Crippen LogP contribution in [0.4, 0.5) is 0 Å². The molecular formula is C8H8ClNaO3S. The van der Waals surface area contributed by atoms with Crippen molar-refractivity contribution in [3.05, 3.63) is 35.4 Å². The quantitative estimate of drug-likeness (QED) is 0.633. The van der Waals surface area contributed by atoms with Gasteiger partial charge in [0.2, 0.25) is 0 Å². The van der Waals surface area contributed by atoms with Gasteiger partial charge in [-0.1, -0.05) is 30.3 Å². The zero-order valence-electron chi connectivity index (χ0n) is 6.57. The van der Waals surface area contributed by atoms with Crippen molar-refractivity contribution in [1.29, 1.82) is 0 Å². The molecule has 0 saturated heterocycles. The van der Waals surface area contributed by atoms with Crippen molar-refractivity contribution in [1.82, 2.24) is 0 Å². The molecule has 3 nitrogen and oxygen atoms in total. The van der Waals surface area contributed by atoms with Gasteiger partial charge < -0.3 is 0 Å². The first kappa shape index (κ1) is 14.2. The molecule has 1 N–H and O–H groups in total. The topological polar surface area (TPSA) is 54.4 Å². The fourth-order valence-electron chi connectivity index (χ4n) is 0.853. The second-order valence-corrected chi connectivity index (χ2v) is 4.17. The van der Waals surface area contributed by atoms with Gasteiger partial charge in [-0.2, -0.15) is 8.42 Å². The third-order valence-corrected chi connectivity index (χ3v) is 2.81. The second kappa shape index (κ2) is 5.30. The second-order valence-electron chi connectivity index (χ2n) is 2.37. The Morgan fingerprint density at radius 1 is 1.43 bits per heavy atom. The molecule has 1 rings (SSSR count). The first-order chi connectivity index (χ1) is 5.95. The van der Waals surface area contributed by atoms with Crippen molar-refractivity contribution in [2.24, 2.45) is 0 Å². The third kappa shape index (κ3) is 3.38. The molecule has 1 aromatic rings.